The van der Waals surface area contributed by atoms with Crippen molar-refractivity contribution in [2.45, 2.75) is 18.4 Å². The van der Waals surface area contributed by atoms with Crippen LogP contribution in [0.5, 0.6) is 0 Å². The smallest absolute Gasteiger partial charge is 0.0615 e. The van der Waals surface area contributed by atoms with Crippen molar-refractivity contribution < 1.29 is 0 Å². The number of nitrogens with zero attached hydrogens (tertiary/aromatic N) is 1. The molecule has 1 aromatic heterocycles. The molecule has 0 saturated heterocycles. The second-order valence-corrected chi connectivity index (χ2v) is 4.44. The van der Waals surface area contributed by atoms with Crippen LogP contribution in [0.3, 0.4) is 0 Å². The zero-order chi connectivity index (χ0) is 8.60. The number of halogens is 1. The van der Waals surface area contributed by atoms with Gasteiger partial charge >= 0.3 is 0 Å². The molecule has 1 heterocycles. The van der Waals surface area contributed by atoms with Gasteiger partial charge < -0.3 is 5.32 Å². The number of pyridine rings is 1. The van der Waals surface area contributed by atoms with Gasteiger partial charge in [0.15, 0.2) is 0 Å². The third-order valence-corrected chi connectivity index (χ3v) is 3.11. The highest BCUT2D eigenvalue weighted by Gasteiger charge is 2.44. The summed E-state index contributed by atoms with van der Waals surface area (Å²) >= 11 is 2.32. The molecule has 1 aliphatic carbocycles. The average Bonchev–Trinajstić information content (AvgIpc) is 2.84. The number of nitrogens with one attached hydrogen (secondary N) is 1. The van der Waals surface area contributed by atoms with Gasteiger partial charge in [-0.05, 0) is 54.6 Å². The van der Waals surface area contributed by atoms with E-state index in [1.807, 2.05) is 19.3 Å². The van der Waals surface area contributed by atoms with Gasteiger partial charge in [-0.2, -0.15) is 0 Å². The molecule has 0 radical (unpaired) electrons. The fourth-order valence-electron chi connectivity index (χ4n) is 1.43. The van der Waals surface area contributed by atoms with Gasteiger partial charge in [0.25, 0.3) is 0 Å². The molecule has 0 unspecified atom stereocenters. The molecule has 0 aromatic carbocycles. The highest BCUT2D eigenvalue weighted by molar-refractivity contribution is 14.1. The summed E-state index contributed by atoms with van der Waals surface area (Å²) in [7, 11) is 2.01. The lowest BCUT2D eigenvalue weighted by molar-refractivity contribution is 0.567. The Morgan fingerprint density at radius 3 is 2.83 bits per heavy atom. The number of rotatable bonds is 2. The van der Waals surface area contributed by atoms with Gasteiger partial charge in [-0.25, -0.2) is 0 Å². The van der Waals surface area contributed by atoms with Crippen LogP contribution in [0.4, 0.5) is 0 Å². The van der Waals surface area contributed by atoms with E-state index < -0.39 is 0 Å². The number of hydrogen-bond donors (Lipinski definition) is 1. The molecule has 2 rings (SSSR count). The molecule has 0 aliphatic heterocycles. The summed E-state index contributed by atoms with van der Waals surface area (Å²) < 4.78 is 1.26. The topological polar surface area (TPSA) is 24.9 Å². The predicted molar refractivity (Wildman–Crippen MR) is 56.9 cm³/mol. The minimum absolute atomic E-state index is 0.210. The predicted octanol–water partition coefficient (Wildman–Crippen LogP) is 1.89. The van der Waals surface area contributed by atoms with E-state index in [1.54, 1.807) is 0 Å². The molecule has 1 fully saturated rings. The van der Waals surface area contributed by atoms with Crippen LogP contribution < -0.4 is 5.32 Å². The first-order valence-electron chi connectivity index (χ1n) is 4.08. The highest BCUT2D eigenvalue weighted by Crippen LogP contribution is 2.44. The minimum atomic E-state index is 0.210. The van der Waals surface area contributed by atoms with Crippen LogP contribution in [-0.2, 0) is 5.54 Å². The molecule has 1 N–H and O–H groups in total. The summed E-state index contributed by atoms with van der Waals surface area (Å²) in [6.45, 7) is 0. The molecule has 3 heteroatoms. The maximum atomic E-state index is 4.38. The fraction of sp³-hybridized carbons (Fsp3) is 0.444. The van der Waals surface area contributed by atoms with E-state index in [9.17, 15) is 0 Å². The molecule has 64 valence electrons. The Morgan fingerprint density at radius 2 is 2.33 bits per heavy atom. The van der Waals surface area contributed by atoms with Crippen LogP contribution >= 0.6 is 22.6 Å². The van der Waals surface area contributed by atoms with Crippen molar-refractivity contribution in [3.63, 3.8) is 0 Å². The maximum Gasteiger partial charge on any atom is 0.0615 e. The third kappa shape index (κ3) is 1.35. The molecule has 0 atom stereocenters. The van der Waals surface area contributed by atoms with Crippen LogP contribution in [0.1, 0.15) is 18.5 Å². The lowest BCUT2D eigenvalue weighted by Gasteiger charge is -2.12. The van der Waals surface area contributed by atoms with Gasteiger partial charge in [0.05, 0.1) is 11.2 Å². The summed E-state index contributed by atoms with van der Waals surface area (Å²) in [4.78, 5) is 4.38. The Labute approximate surface area is 85.9 Å². The SMILES string of the molecule is CNC1(c2cc(I)ccn2)CC1. The first kappa shape index (κ1) is 8.44. The zero-order valence-corrected chi connectivity index (χ0v) is 9.13. The Balaban J connectivity index is 2.34. The lowest BCUT2D eigenvalue weighted by atomic mass is 10.1. The van der Waals surface area contributed by atoms with E-state index in [-0.39, 0.29) is 5.54 Å². The van der Waals surface area contributed by atoms with E-state index >= 15 is 0 Å². The highest BCUT2D eigenvalue weighted by atomic mass is 127. The first-order valence-corrected chi connectivity index (χ1v) is 5.16. The van der Waals surface area contributed by atoms with Crippen molar-refractivity contribution >= 4 is 22.6 Å². The molecule has 0 spiro atoms. The van der Waals surface area contributed by atoms with Gasteiger partial charge in [0.2, 0.25) is 0 Å². The van der Waals surface area contributed by atoms with Crippen LogP contribution in [-0.4, -0.2) is 12.0 Å². The molecule has 12 heavy (non-hydrogen) atoms. The number of hydrogen-bond acceptors (Lipinski definition) is 2. The fourth-order valence-corrected chi connectivity index (χ4v) is 1.88. The average molecular weight is 274 g/mol. The summed E-state index contributed by atoms with van der Waals surface area (Å²) in [6, 6.07) is 4.18. The largest absolute Gasteiger partial charge is 0.309 e. The van der Waals surface area contributed by atoms with Crippen molar-refractivity contribution in [3.05, 3.63) is 27.6 Å². The Hall–Kier alpha value is -0.160. The minimum Gasteiger partial charge on any atom is -0.309 e. The van der Waals surface area contributed by atoms with Crippen molar-refractivity contribution in [2.75, 3.05) is 7.05 Å². The standard InChI is InChI=1S/C9H11IN2/c1-11-9(3-4-9)8-6-7(10)2-5-12-8/h2,5-6,11H,3-4H2,1H3. The summed E-state index contributed by atoms with van der Waals surface area (Å²) in [6.07, 6.45) is 4.32. The lowest BCUT2D eigenvalue weighted by Crippen LogP contribution is -2.25. The Kier molecular flexibility index (Phi) is 2.08. The third-order valence-electron chi connectivity index (χ3n) is 2.44. The second kappa shape index (κ2) is 2.96. The molecular weight excluding hydrogens is 263 g/mol. The van der Waals surface area contributed by atoms with Crippen molar-refractivity contribution in [1.82, 2.24) is 10.3 Å². The van der Waals surface area contributed by atoms with Crippen LogP contribution in [0.2, 0.25) is 0 Å². The zero-order valence-electron chi connectivity index (χ0n) is 6.97. The molecule has 2 nitrogen and oxygen atoms in total. The van der Waals surface area contributed by atoms with Gasteiger partial charge in [-0.1, -0.05) is 0 Å². The van der Waals surface area contributed by atoms with Crippen molar-refractivity contribution in [2.24, 2.45) is 0 Å². The summed E-state index contributed by atoms with van der Waals surface area (Å²) in [5.74, 6) is 0. The second-order valence-electron chi connectivity index (χ2n) is 3.19. The Bertz CT molecular complexity index is 294. The van der Waals surface area contributed by atoms with Crippen molar-refractivity contribution in [3.8, 4) is 0 Å². The van der Waals surface area contributed by atoms with Crippen LogP contribution in [0, 0.1) is 3.57 Å². The molecular formula is C9H11IN2. The molecule has 1 aliphatic rings. The van der Waals surface area contributed by atoms with E-state index in [0.29, 0.717) is 0 Å². The van der Waals surface area contributed by atoms with Gasteiger partial charge in [-0.15, -0.1) is 0 Å². The van der Waals surface area contributed by atoms with E-state index in [2.05, 4.69) is 39.0 Å². The van der Waals surface area contributed by atoms with Crippen molar-refractivity contribution in [1.29, 1.82) is 0 Å². The summed E-state index contributed by atoms with van der Waals surface area (Å²) in [5.41, 5.74) is 1.40. The monoisotopic (exact) mass is 274 g/mol. The summed E-state index contributed by atoms with van der Waals surface area (Å²) in [5, 5.41) is 3.33. The van der Waals surface area contributed by atoms with Crippen LogP contribution in [0.25, 0.3) is 0 Å². The number of aromatic nitrogens is 1. The van der Waals surface area contributed by atoms with E-state index in [0.717, 1.165) is 0 Å². The van der Waals surface area contributed by atoms with Gasteiger partial charge in [0, 0.05) is 9.77 Å². The molecule has 1 saturated carbocycles. The maximum absolute atomic E-state index is 4.38. The normalized spacial score (nSPS) is 19.2. The van der Waals surface area contributed by atoms with Gasteiger partial charge in [0.1, 0.15) is 0 Å². The Morgan fingerprint density at radius 1 is 1.58 bits per heavy atom. The quantitative estimate of drug-likeness (QED) is 0.833. The molecule has 1 aromatic rings. The van der Waals surface area contributed by atoms with Crippen LogP contribution in [0.15, 0.2) is 18.3 Å². The molecule has 0 bridgehead atoms. The molecule has 0 amide bonds. The van der Waals surface area contributed by atoms with E-state index in [1.165, 1.54) is 22.1 Å². The van der Waals surface area contributed by atoms with Gasteiger partial charge in [-0.3, -0.25) is 4.98 Å². The first-order chi connectivity index (χ1) is 5.77. The van der Waals surface area contributed by atoms with E-state index in [4.69, 9.17) is 0 Å².